The van der Waals surface area contributed by atoms with Gasteiger partial charge in [-0.2, -0.15) is 0 Å². The lowest BCUT2D eigenvalue weighted by Crippen LogP contribution is -2.16. The fourth-order valence-corrected chi connectivity index (χ4v) is 2.01. The number of carbonyl (C=O) groups excluding carboxylic acids is 1. The van der Waals surface area contributed by atoms with Gasteiger partial charge in [0.2, 0.25) is 5.91 Å². The summed E-state index contributed by atoms with van der Waals surface area (Å²) in [6.07, 6.45) is 2.24. The zero-order chi connectivity index (χ0) is 15.3. The second kappa shape index (κ2) is 6.99. The Morgan fingerprint density at radius 1 is 1.55 bits per heavy atom. The zero-order valence-corrected chi connectivity index (χ0v) is 12.1. The van der Waals surface area contributed by atoms with Crippen molar-refractivity contribution >= 4 is 28.1 Å². The molecule has 3 N–H and O–H groups in total. The highest BCUT2D eigenvalue weighted by atomic mass is 32.2. The third-order valence-electron chi connectivity index (χ3n) is 2.91. The number of hydrogen-bond donors (Lipinski definition) is 2. The van der Waals surface area contributed by atoms with Gasteiger partial charge in [-0.1, -0.05) is 6.92 Å². The standard InChI is InChI=1S/C12H17N3O4S/c1-8(20(2)19)5-6-14-10-4-3-9(12(13)16)7-11(10)15(17)18/h3-4,7-8,14H,5-6H2,1-2H3,(H2,13,16). The SMILES string of the molecule is CC(CCNc1ccc(C(N)=O)cc1[N+](=O)[O-])S(C)=O. The third-order valence-corrected chi connectivity index (χ3v) is 4.28. The van der Waals surface area contributed by atoms with Crippen molar-refractivity contribution < 1.29 is 13.9 Å². The van der Waals surface area contributed by atoms with Gasteiger partial charge >= 0.3 is 0 Å². The van der Waals surface area contributed by atoms with E-state index in [1.807, 2.05) is 6.92 Å². The number of amides is 1. The summed E-state index contributed by atoms with van der Waals surface area (Å²) >= 11 is 0. The monoisotopic (exact) mass is 299 g/mol. The van der Waals surface area contributed by atoms with Crippen LogP contribution in [0.5, 0.6) is 0 Å². The van der Waals surface area contributed by atoms with E-state index in [1.165, 1.54) is 12.1 Å². The number of rotatable bonds is 7. The predicted octanol–water partition coefficient (Wildman–Crippen LogP) is 1.26. The van der Waals surface area contributed by atoms with Gasteiger partial charge in [0, 0.05) is 40.5 Å². The fraction of sp³-hybridized carbons (Fsp3) is 0.417. The summed E-state index contributed by atoms with van der Waals surface area (Å²) in [4.78, 5) is 21.4. The van der Waals surface area contributed by atoms with Crippen LogP contribution in [-0.2, 0) is 10.8 Å². The molecule has 1 aromatic carbocycles. The number of nitrogens with zero attached hydrogens (tertiary/aromatic N) is 1. The van der Waals surface area contributed by atoms with Crippen LogP contribution < -0.4 is 11.1 Å². The summed E-state index contributed by atoms with van der Waals surface area (Å²) < 4.78 is 11.2. The highest BCUT2D eigenvalue weighted by molar-refractivity contribution is 7.84. The van der Waals surface area contributed by atoms with Crippen LogP contribution in [-0.4, -0.2) is 33.1 Å². The van der Waals surface area contributed by atoms with Crippen molar-refractivity contribution in [1.82, 2.24) is 0 Å². The maximum Gasteiger partial charge on any atom is 0.293 e. The molecule has 20 heavy (non-hydrogen) atoms. The maximum atomic E-state index is 11.2. The quantitative estimate of drug-likeness (QED) is 0.581. The molecule has 8 heteroatoms. The lowest BCUT2D eigenvalue weighted by atomic mass is 10.1. The predicted molar refractivity (Wildman–Crippen MR) is 78.2 cm³/mol. The molecule has 0 bridgehead atoms. The van der Waals surface area contributed by atoms with Crippen LogP contribution in [0, 0.1) is 10.1 Å². The molecule has 1 amide bonds. The summed E-state index contributed by atoms with van der Waals surface area (Å²) in [5, 5.41) is 13.9. The Morgan fingerprint density at radius 2 is 2.20 bits per heavy atom. The first kappa shape index (κ1) is 16.1. The van der Waals surface area contributed by atoms with E-state index in [0.29, 0.717) is 18.7 Å². The minimum absolute atomic E-state index is 0.00597. The Kier molecular flexibility index (Phi) is 5.63. The molecule has 0 fully saturated rings. The van der Waals surface area contributed by atoms with Gasteiger partial charge in [0.1, 0.15) is 5.69 Å². The molecule has 0 aliphatic heterocycles. The number of benzene rings is 1. The first-order chi connectivity index (χ1) is 9.32. The number of carbonyl (C=O) groups is 1. The van der Waals surface area contributed by atoms with Crippen LogP contribution in [0.3, 0.4) is 0 Å². The van der Waals surface area contributed by atoms with Crippen LogP contribution in [0.4, 0.5) is 11.4 Å². The highest BCUT2D eigenvalue weighted by Crippen LogP contribution is 2.25. The number of primary amides is 1. The smallest absolute Gasteiger partial charge is 0.293 e. The van der Waals surface area contributed by atoms with E-state index >= 15 is 0 Å². The van der Waals surface area contributed by atoms with Crippen LogP contribution in [0.25, 0.3) is 0 Å². The van der Waals surface area contributed by atoms with Crippen molar-refractivity contribution in [2.24, 2.45) is 5.73 Å². The van der Waals surface area contributed by atoms with Gasteiger partial charge in [-0.3, -0.25) is 19.1 Å². The van der Waals surface area contributed by atoms with Crippen molar-refractivity contribution in [3.05, 3.63) is 33.9 Å². The Bertz CT molecular complexity index is 548. The van der Waals surface area contributed by atoms with E-state index in [2.05, 4.69) is 5.32 Å². The molecule has 0 spiro atoms. The van der Waals surface area contributed by atoms with Gasteiger partial charge in [0.05, 0.1) is 4.92 Å². The molecule has 1 rings (SSSR count). The molecule has 7 nitrogen and oxygen atoms in total. The second-order valence-electron chi connectivity index (χ2n) is 4.38. The zero-order valence-electron chi connectivity index (χ0n) is 11.3. The average molecular weight is 299 g/mol. The van der Waals surface area contributed by atoms with Gasteiger partial charge in [0.15, 0.2) is 0 Å². The molecular weight excluding hydrogens is 282 g/mol. The van der Waals surface area contributed by atoms with Crippen molar-refractivity contribution in [3.8, 4) is 0 Å². The third kappa shape index (κ3) is 4.30. The first-order valence-corrected chi connectivity index (χ1v) is 7.59. The second-order valence-corrected chi connectivity index (χ2v) is 6.18. The largest absolute Gasteiger partial charge is 0.379 e. The van der Waals surface area contributed by atoms with Gasteiger partial charge in [-0.15, -0.1) is 0 Å². The number of nitro groups is 1. The number of anilines is 1. The Balaban J connectivity index is 2.82. The minimum Gasteiger partial charge on any atom is -0.379 e. The van der Waals surface area contributed by atoms with Crippen LogP contribution in [0.2, 0.25) is 0 Å². The van der Waals surface area contributed by atoms with Gasteiger partial charge in [0.25, 0.3) is 5.69 Å². The summed E-state index contributed by atoms with van der Waals surface area (Å²) in [7, 11) is -0.927. The van der Waals surface area contributed by atoms with Crippen molar-refractivity contribution in [1.29, 1.82) is 0 Å². The number of hydrogen-bond acceptors (Lipinski definition) is 5. The van der Waals surface area contributed by atoms with Crippen LogP contribution in [0.1, 0.15) is 23.7 Å². The molecule has 0 saturated carbocycles. The minimum atomic E-state index is -0.927. The van der Waals surface area contributed by atoms with Crippen LogP contribution in [0.15, 0.2) is 18.2 Å². The van der Waals surface area contributed by atoms with Gasteiger partial charge in [-0.25, -0.2) is 0 Å². The first-order valence-electron chi connectivity index (χ1n) is 5.97. The number of nitro benzene ring substituents is 1. The lowest BCUT2D eigenvalue weighted by Gasteiger charge is -2.10. The summed E-state index contributed by atoms with van der Waals surface area (Å²) in [5.74, 6) is -0.713. The van der Waals surface area contributed by atoms with Crippen LogP contribution >= 0.6 is 0 Å². The Labute approximate surface area is 119 Å². The lowest BCUT2D eigenvalue weighted by molar-refractivity contribution is -0.384. The van der Waals surface area contributed by atoms with Crippen molar-refractivity contribution in [3.63, 3.8) is 0 Å². The van der Waals surface area contributed by atoms with E-state index in [4.69, 9.17) is 5.73 Å². The molecule has 0 aromatic heterocycles. The van der Waals surface area contributed by atoms with E-state index in [9.17, 15) is 19.1 Å². The van der Waals surface area contributed by atoms with Crippen molar-refractivity contribution in [2.75, 3.05) is 18.1 Å². The fourth-order valence-electron chi connectivity index (χ4n) is 1.56. The maximum absolute atomic E-state index is 11.2. The highest BCUT2D eigenvalue weighted by Gasteiger charge is 2.16. The topological polar surface area (TPSA) is 115 Å². The summed E-state index contributed by atoms with van der Waals surface area (Å²) in [5.41, 5.74) is 5.29. The van der Waals surface area contributed by atoms with Gasteiger partial charge < -0.3 is 11.1 Å². The molecule has 2 unspecified atom stereocenters. The molecule has 0 aliphatic carbocycles. The van der Waals surface area contributed by atoms with E-state index in [0.717, 1.165) is 6.07 Å². The Morgan fingerprint density at radius 3 is 2.70 bits per heavy atom. The number of nitrogens with one attached hydrogen (secondary N) is 1. The molecule has 1 aromatic rings. The van der Waals surface area contributed by atoms with Gasteiger partial charge in [-0.05, 0) is 18.6 Å². The average Bonchev–Trinajstić information content (AvgIpc) is 2.38. The molecule has 0 radical (unpaired) electrons. The molecule has 110 valence electrons. The van der Waals surface area contributed by atoms with Crippen molar-refractivity contribution in [2.45, 2.75) is 18.6 Å². The summed E-state index contributed by atoms with van der Waals surface area (Å²) in [6, 6.07) is 4.02. The van der Waals surface area contributed by atoms with E-state index in [1.54, 1.807) is 6.26 Å². The Hall–Kier alpha value is -1.96. The molecule has 0 aliphatic rings. The summed E-state index contributed by atoms with van der Waals surface area (Å²) in [6.45, 7) is 2.31. The number of nitrogens with two attached hydrogens (primary N) is 1. The molecule has 0 saturated heterocycles. The van der Waals surface area contributed by atoms with E-state index < -0.39 is 21.6 Å². The van der Waals surface area contributed by atoms with E-state index in [-0.39, 0.29) is 16.5 Å². The normalized spacial score (nSPS) is 13.5. The molecule has 2 atom stereocenters. The molecular formula is C12H17N3O4S. The molecule has 0 heterocycles.